The van der Waals surface area contributed by atoms with Crippen molar-refractivity contribution in [2.75, 3.05) is 18.4 Å². The molecule has 38 heavy (non-hydrogen) atoms. The van der Waals surface area contributed by atoms with Crippen LogP contribution >= 0.6 is 0 Å². The standard InChI is InChI=1S/C31H30N6O/c1-2-7-24(8-3-1)22-38-27-10-6-9-25(19-27)30-28(20-33-36-30)29-15-16-32-31(35-29)34-26-13-11-23(12-14-26)21-37-17-4-5-18-37/h1-3,6-16,19-20H,4-5,17-18,21-22H2,(H,33,36)(H,32,34,35). The van der Waals surface area contributed by atoms with Crippen LogP contribution in [-0.2, 0) is 13.2 Å². The monoisotopic (exact) mass is 502 g/mol. The van der Waals surface area contributed by atoms with Gasteiger partial charge in [0.25, 0.3) is 0 Å². The molecule has 6 rings (SSSR count). The van der Waals surface area contributed by atoms with E-state index in [0.717, 1.165) is 46.1 Å². The van der Waals surface area contributed by atoms with Crippen LogP contribution in [0.1, 0.15) is 24.0 Å². The largest absolute Gasteiger partial charge is 0.489 e. The predicted molar refractivity (Wildman–Crippen MR) is 150 cm³/mol. The molecule has 0 radical (unpaired) electrons. The second-order valence-electron chi connectivity index (χ2n) is 9.53. The molecule has 190 valence electrons. The van der Waals surface area contributed by atoms with Crippen molar-refractivity contribution in [3.8, 4) is 28.3 Å². The van der Waals surface area contributed by atoms with Crippen molar-refractivity contribution in [1.82, 2.24) is 25.1 Å². The van der Waals surface area contributed by atoms with Crippen molar-refractivity contribution in [2.45, 2.75) is 26.0 Å². The van der Waals surface area contributed by atoms with Gasteiger partial charge in [-0.3, -0.25) is 10.00 Å². The Morgan fingerprint density at radius 3 is 2.55 bits per heavy atom. The Balaban J connectivity index is 1.16. The number of aromatic nitrogens is 4. The van der Waals surface area contributed by atoms with Crippen LogP contribution in [0.25, 0.3) is 22.5 Å². The first kappa shape index (κ1) is 23.9. The molecule has 3 aromatic carbocycles. The molecule has 0 aliphatic carbocycles. The number of ether oxygens (including phenoxy) is 1. The number of aromatic amines is 1. The molecular formula is C31H30N6O. The number of hydrogen-bond donors (Lipinski definition) is 2. The van der Waals surface area contributed by atoms with Gasteiger partial charge in [-0.15, -0.1) is 0 Å². The third-order valence-corrected chi connectivity index (χ3v) is 6.76. The highest BCUT2D eigenvalue weighted by atomic mass is 16.5. The highest BCUT2D eigenvalue weighted by Gasteiger charge is 2.14. The smallest absolute Gasteiger partial charge is 0.227 e. The molecule has 2 N–H and O–H groups in total. The Labute approximate surface area is 222 Å². The van der Waals surface area contributed by atoms with Gasteiger partial charge in [-0.25, -0.2) is 9.97 Å². The summed E-state index contributed by atoms with van der Waals surface area (Å²) in [6, 6.07) is 28.6. The first-order chi connectivity index (χ1) is 18.8. The topological polar surface area (TPSA) is 79.0 Å². The molecule has 3 heterocycles. The minimum Gasteiger partial charge on any atom is -0.489 e. The fraction of sp³-hybridized carbons (Fsp3) is 0.194. The van der Waals surface area contributed by atoms with Gasteiger partial charge in [0.1, 0.15) is 12.4 Å². The summed E-state index contributed by atoms with van der Waals surface area (Å²) in [5.41, 5.74) is 6.95. The van der Waals surface area contributed by atoms with E-state index in [9.17, 15) is 0 Å². The van der Waals surface area contributed by atoms with Gasteiger partial charge in [-0.2, -0.15) is 5.10 Å². The summed E-state index contributed by atoms with van der Waals surface area (Å²) in [5.74, 6) is 1.34. The van der Waals surface area contributed by atoms with E-state index in [-0.39, 0.29) is 0 Å². The molecule has 2 aromatic heterocycles. The Kier molecular flexibility index (Phi) is 7.08. The third kappa shape index (κ3) is 5.74. The minimum absolute atomic E-state index is 0.514. The molecule has 0 atom stereocenters. The van der Waals surface area contributed by atoms with Crippen LogP contribution in [0, 0.1) is 0 Å². The van der Waals surface area contributed by atoms with E-state index in [1.165, 1.54) is 31.5 Å². The van der Waals surface area contributed by atoms with Gasteiger partial charge in [-0.05, 0) is 67.4 Å². The molecule has 0 bridgehead atoms. The normalized spacial score (nSPS) is 13.5. The average molecular weight is 503 g/mol. The van der Waals surface area contributed by atoms with Crippen molar-refractivity contribution in [3.05, 3.63) is 108 Å². The summed E-state index contributed by atoms with van der Waals surface area (Å²) in [4.78, 5) is 11.7. The second-order valence-corrected chi connectivity index (χ2v) is 9.53. The number of nitrogens with zero attached hydrogens (tertiary/aromatic N) is 4. The summed E-state index contributed by atoms with van der Waals surface area (Å²) >= 11 is 0. The molecule has 0 unspecified atom stereocenters. The third-order valence-electron chi connectivity index (χ3n) is 6.76. The van der Waals surface area contributed by atoms with E-state index < -0.39 is 0 Å². The van der Waals surface area contributed by atoms with Crippen molar-refractivity contribution in [2.24, 2.45) is 0 Å². The molecular weight excluding hydrogens is 472 g/mol. The maximum Gasteiger partial charge on any atom is 0.227 e. The molecule has 7 nitrogen and oxygen atoms in total. The quantitative estimate of drug-likeness (QED) is 0.241. The molecule has 7 heteroatoms. The van der Waals surface area contributed by atoms with E-state index in [0.29, 0.717) is 12.6 Å². The Hall–Kier alpha value is -4.49. The first-order valence-corrected chi connectivity index (χ1v) is 13.0. The van der Waals surface area contributed by atoms with Gasteiger partial charge in [0.15, 0.2) is 0 Å². The van der Waals surface area contributed by atoms with Gasteiger partial charge in [-0.1, -0.05) is 54.6 Å². The molecule has 1 aliphatic heterocycles. The van der Waals surface area contributed by atoms with Gasteiger partial charge in [0.2, 0.25) is 5.95 Å². The fourth-order valence-electron chi connectivity index (χ4n) is 4.77. The zero-order chi connectivity index (χ0) is 25.6. The maximum absolute atomic E-state index is 6.03. The zero-order valence-corrected chi connectivity index (χ0v) is 21.2. The van der Waals surface area contributed by atoms with E-state index in [1.807, 2.05) is 48.5 Å². The molecule has 5 aromatic rings. The number of H-pyrrole nitrogens is 1. The summed E-state index contributed by atoms with van der Waals surface area (Å²) < 4.78 is 6.03. The Morgan fingerprint density at radius 2 is 1.71 bits per heavy atom. The van der Waals surface area contributed by atoms with E-state index in [2.05, 4.69) is 61.8 Å². The Morgan fingerprint density at radius 1 is 0.868 bits per heavy atom. The maximum atomic E-state index is 6.03. The lowest BCUT2D eigenvalue weighted by molar-refractivity contribution is 0.306. The van der Waals surface area contributed by atoms with Crippen LogP contribution in [-0.4, -0.2) is 38.2 Å². The minimum atomic E-state index is 0.514. The first-order valence-electron chi connectivity index (χ1n) is 13.0. The van der Waals surface area contributed by atoms with E-state index in [1.54, 1.807) is 12.4 Å². The lowest BCUT2D eigenvalue weighted by Gasteiger charge is -2.14. The summed E-state index contributed by atoms with van der Waals surface area (Å²) in [6.07, 6.45) is 6.17. The van der Waals surface area contributed by atoms with Gasteiger partial charge < -0.3 is 10.1 Å². The molecule has 1 fully saturated rings. The predicted octanol–water partition coefficient (Wildman–Crippen LogP) is 6.45. The SMILES string of the molecule is c1ccc(COc2cccc(-c3[nH]ncc3-c3ccnc(Nc4ccc(CN5CCCC5)cc4)n3)c2)cc1. The van der Waals surface area contributed by atoms with Gasteiger partial charge in [0, 0.05) is 29.6 Å². The molecule has 1 aliphatic rings. The highest BCUT2D eigenvalue weighted by molar-refractivity contribution is 5.79. The number of benzene rings is 3. The van der Waals surface area contributed by atoms with Crippen LogP contribution in [0.4, 0.5) is 11.6 Å². The van der Waals surface area contributed by atoms with Crippen molar-refractivity contribution in [1.29, 1.82) is 0 Å². The lowest BCUT2D eigenvalue weighted by atomic mass is 10.1. The Bertz CT molecular complexity index is 1480. The fourth-order valence-corrected chi connectivity index (χ4v) is 4.77. The van der Waals surface area contributed by atoms with Crippen LogP contribution in [0.5, 0.6) is 5.75 Å². The second kappa shape index (κ2) is 11.3. The van der Waals surface area contributed by atoms with Crippen LogP contribution < -0.4 is 10.1 Å². The van der Waals surface area contributed by atoms with Crippen molar-refractivity contribution < 1.29 is 4.74 Å². The van der Waals surface area contributed by atoms with E-state index >= 15 is 0 Å². The number of anilines is 2. The summed E-state index contributed by atoms with van der Waals surface area (Å²) in [6.45, 7) is 3.91. The summed E-state index contributed by atoms with van der Waals surface area (Å²) in [7, 11) is 0. The van der Waals surface area contributed by atoms with Crippen LogP contribution in [0.15, 0.2) is 97.3 Å². The van der Waals surface area contributed by atoms with Gasteiger partial charge >= 0.3 is 0 Å². The van der Waals surface area contributed by atoms with E-state index in [4.69, 9.17) is 9.72 Å². The lowest BCUT2D eigenvalue weighted by Crippen LogP contribution is -2.18. The zero-order valence-electron chi connectivity index (χ0n) is 21.2. The molecule has 0 amide bonds. The highest BCUT2D eigenvalue weighted by Crippen LogP contribution is 2.31. The molecule has 0 spiro atoms. The van der Waals surface area contributed by atoms with Crippen molar-refractivity contribution in [3.63, 3.8) is 0 Å². The van der Waals surface area contributed by atoms with Crippen LogP contribution in [0.2, 0.25) is 0 Å². The number of likely N-dealkylation sites (tertiary alicyclic amines) is 1. The van der Waals surface area contributed by atoms with Crippen molar-refractivity contribution >= 4 is 11.6 Å². The van der Waals surface area contributed by atoms with Crippen LogP contribution in [0.3, 0.4) is 0 Å². The number of nitrogens with one attached hydrogen (secondary N) is 2. The molecule has 1 saturated heterocycles. The number of hydrogen-bond acceptors (Lipinski definition) is 6. The summed E-state index contributed by atoms with van der Waals surface area (Å²) in [5, 5.41) is 10.8. The number of rotatable bonds is 9. The average Bonchev–Trinajstić information content (AvgIpc) is 3.67. The van der Waals surface area contributed by atoms with Gasteiger partial charge in [0.05, 0.1) is 17.6 Å². The molecule has 0 saturated carbocycles.